The molecule has 0 fully saturated rings. The molecule has 7 nitrogen and oxygen atoms in total. The monoisotopic (exact) mass is 298 g/mol. The molecule has 0 bridgehead atoms. The van der Waals surface area contributed by atoms with Crippen LogP contribution < -0.4 is 11.1 Å². The van der Waals surface area contributed by atoms with Crippen molar-refractivity contribution in [1.82, 2.24) is 19.6 Å². The number of nitrogen functional groups attached to an aromatic ring is 1. The topological polar surface area (TPSA) is 107 Å². The van der Waals surface area contributed by atoms with Gasteiger partial charge in [0, 0.05) is 29.0 Å². The smallest absolute Gasteiger partial charge is 0.278 e. The number of nitrogens with one attached hydrogen (secondary N) is 1. The van der Waals surface area contributed by atoms with E-state index in [0.717, 1.165) is 11.3 Å². The second-order valence-corrected chi connectivity index (χ2v) is 4.72. The average Bonchev–Trinajstić information content (AvgIpc) is 3.02. The normalized spacial score (nSPS) is 10.3. The van der Waals surface area contributed by atoms with E-state index in [1.807, 2.05) is 17.5 Å². The summed E-state index contributed by atoms with van der Waals surface area (Å²) in [5.74, 6) is -0.302. The number of nitrogens with two attached hydrogens (primary N) is 1. The average molecular weight is 298 g/mol. The SMILES string of the molecule is Nc1nccnc1C(=O)Nc1ccc(-c2csnn2)cc1. The van der Waals surface area contributed by atoms with Gasteiger partial charge in [-0.25, -0.2) is 9.97 Å². The van der Waals surface area contributed by atoms with E-state index >= 15 is 0 Å². The van der Waals surface area contributed by atoms with E-state index in [9.17, 15) is 4.79 Å². The maximum atomic E-state index is 12.0. The first kappa shape index (κ1) is 13.1. The zero-order chi connectivity index (χ0) is 14.7. The predicted octanol–water partition coefficient (Wildman–Crippen LogP) is 1.83. The maximum Gasteiger partial charge on any atom is 0.278 e. The summed E-state index contributed by atoms with van der Waals surface area (Å²) in [5, 5.41) is 8.55. The number of hydrogen-bond acceptors (Lipinski definition) is 7. The van der Waals surface area contributed by atoms with E-state index in [0.29, 0.717) is 5.69 Å². The first-order chi connectivity index (χ1) is 10.2. The number of rotatable bonds is 3. The van der Waals surface area contributed by atoms with Gasteiger partial charge in [-0.1, -0.05) is 16.6 Å². The van der Waals surface area contributed by atoms with Crippen molar-refractivity contribution in [3.05, 3.63) is 47.7 Å². The second kappa shape index (κ2) is 5.63. The maximum absolute atomic E-state index is 12.0. The molecule has 0 aliphatic heterocycles. The van der Waals surface area contributed by atoms with Gasteiger partial charge in [0.05, 0.1) is 0 Å². The predicted molar refractivity (Wildman–Crippen MR) is 79.7 cm³/mol. The van der Waals surface area contributed by atoms with Gasteiger partial charge in [0.2, 0.25) is 0 Å². The molecule has 0 saturated carbocycles. The van der Waals surface area contributed by atoms with Crippen LogP contribution >= 0.6 is 11.5 Å². The van der Waals surface area contributed by atoms with Crippen molar-refractivity contribution < 1.29 is 4.79 Å². The van der Waals surface area contributed by atoms with E-state index in [2.05, 4.69) is 24.9 Å². The van der Waals surface area contributed by atoms with Gasteiger partial charge < -0.3 is 11.1 Å². The molecule has 2 aromatic heterocycles. The zero-order valence-electron chi connectivity index (χ0n) is 10.7. The Morgan fingerprint density at radius 1 is 1.14 bits per heavy atom. The summed E-state index contributed by atoms with van der Waals surface area (Å²) in [6.45, 7) is 0. The minimum absolute atomic E-state index is 0.0974. The van der Waals surface area contributed by atoms with Crippen molar-refractivity contribution in [1.29, 1.82) is 0 Å². The highest BCUT2D eigenvalue weighted by Gasteiger charge is 2.12. The number of amides is 1. The van der Waals surface area contributed by atoms with Crippen LogP contribution in [0.25, 0.3) is 11.3 Å². The van der Waals surface area contributed by atoms with E-state index < -0.39 is 5.91 Å². The Balaban J connectivity index is 1.77. The number of aromatic nitrogens is 4. The molecule has 0 aliphatic carbocycles. The fourth-order valence-electron chi connectivity index (χ4n) is 1.73. The van der Waals surface area contributed by atoms with Crippen molar-refractivity contribution in [2.45, 2.75) is 0 Å². The zero-order valence-corrected chi connectivity index (χ0v) is 11.5. The molecule has 0 unspecified atom stereocenters. The Morgan fingerprint density at radius 2 is 1.90 bits per heavy atom. The van der Waals surface area contributed by atoms with Gasteiger partial charge in [0.25, 0.3) is 5.91 Å². The Labute approximate surface area is 124 Å². The largest absolute Gasteiger partial charge is 0.382 e. The van der Waals surface area contributed by atoms with Crippen molar-refractivity contribution in [3.63, 3.8) is 0 Å². The molecule has 3 N–H and O–H groups in total. The van der Waals surface area contributed by atoms with Gasteiger partial charge in [-0.2, -0.15) is 0 Å². The van der Waals surface area contributed by atoms with Crippen LogP contribution in [0.2, 0.25) is 0 Å². The highest BCUT2D eigenvalue weighted by atomic mass is 32.1. The number of carbonyl (C=O) groups excluding carboxylic acids is 1. The molecule has 8 heteroatoms. The molecule has 0 radical (unpaired) electrons. The third-order valence-electron chi connectivity index (χ3n) is 2.74. The quantitative estimate of drug-likeness (QED) is 0.764. The third kappa shape index (κ3) is 2.84. The van der Waals surface area contributed by atoms with Gasteiger partial charge in [0.15, 0.2) is 11.5 Å². The fraction of sp³-hybridized carbons (Fsp3) is 0. The standard InChI is InChI=1S/C13H10N6OS/c14-12-11(15-5-6-16-12)13(20)17-9-3-1-8(2-4-9)10-7-21-19-18-10/h1-7H,(H2,14,16)(H,17,20). The molecule has 0 spiro atoms. The first-order valence-corrected chi connectivity index (χ1v) is 6.83. The number of benzene rings is 1. The Bertz CT molecular complexity index is 757. The van der Waals surface area contributed by atoms with Gasteiger partial charge in [0.1, 0.15) is 5.69 Å². The summed E-state index contributed by atoms with van der Waals surface area (Å²) in [7, 11) is 0. The minimum atomic E-state index is -0.399. The van der Waals surface area contributed by atoms with Crippen molar-refractivity contribution in [3.8, 4) is 11.3 Å². The summed E-state index contributed by atoms with van der Waals surface area (Å²) in [6, 6.07) is 7.26. The van der Waals surface area contributed by atoms with Gasteiger partial charge in [-0.15, -0.1) is 5.10 Å². The lowest BCUT2D eigenvalue weighted by Gasteiger charge is -2.06. The lowest BCUT2D eigenvalue weighted by atomic mass is 10.1. The lowest BCUT2D eigenvalue weighted by molar-refractivity contribution is 0.102. The molecule has 1 amide bonds. The molecule has 3 aromatic rings. The molecular weight excluding hydrogens is 288 g/mol. The third-order valence-corrected chi connectivity index (χ3v) is 3.24. The van der Waals surface area contributed by atoms with Crippen LogP contribution in [0, 0.1) is 0 Å². The number of hydrogen-bond donors (Lipinski definition) is 2. The molecule has 104 valence electrons. The molecule has 1 aromatic carbocycles. The van der Waals surface area contributed by atoms with E-state index in [-0.39, 0.29) is 11.5 Å². The molecule has 3 rings (SSSR count). The van der Waals surface area contributed by atoms with Gasteiger partial charge in [-0.05, 0) is 23.7 Å². The highest BCUT2D eigenvalue weighted by Crippen LogP contribution is 2.20. The van der Waals surface area contributed by atoms with Crippen molar-refractivity contribution in [2.75, 3.05) is 11.1 Å². The molecule has 0 saturated heterocycles. The first-order valence-electron chi connectivity index (χ1n) is 5.99. The summed E-state index contributed by atoms with van der Waals surface area (Å²) in [4.78, 5) is 19.8. The summed E-state index contributed by atoms with van der Waals surface area (Å²) in [5.41, 5.74) is 8.09. The van der Waals surface area contributed by atoms with Crippen LogP contribution in [0.15, 0.2) is 42.0 Å². The number of carbonyl (C=O) groups is 1. The summed E-state index contributed by atoms with van der Waals surface area (Å²) < 4.78 is 3.81. The molecule has 2 heterocycles. The van der Waals surface area contributed by atoms with Crippen molar-refractivity contribution in [2.24, 2.45) is 0 Å². The summed E-state index contributed by atoms with van der Waals surface area (Å²) in [6.07, 6.45) is 2.85. The fourth-order valence-corrected chi connectivity index (χ4v) is 2.19. The minimum Gasteiger partial charge on any atom is -0.382 e. The molecule has 21 heavy (non-hydrogen) atoms. The van der Waals surface area contributed by atoms with Crippen LogP contribution in [0.4, 0.5) is 11.5 Å². The van der Waals surface area contributed by atoms with Crippen LogP contribution in [-0.4, -0.2) is 25.5 Å². The van der Waals surface area contributed by atoms with Gasteiger partial charge in [-0.3, -0.25) is 4.79 Å². The Kier molecular flexibility index (Phi) is 3.52. The van der Waals surface area contributed by atoms with Crippen LogP contribution in [0.5, 0.6) is 0 Å². The van der Waals surface area contributed by atoms with E-state index in [1.54, 1.807) is 12.1 Å². The van der Waals surface area contributed by atoms with Crippen LogP contribution in [0.3, 0.4) is 0 Å². The van der Waals surface area contributed by atoms with Crippen LogP contribution in [-0.2, 0) is 0 Å². The summed E-state index contributed by atoms with van der Waals surface area (Å²) >= 11 is 1.29. The number of anilines is 2. The molecule has 0 atom stereocenters. The second-order valence-electron chi connectivity index (χ2n) is 4.11. The molecular formula is C13H10N6OS. The lowest BCUT2D eigenvalue weighted by Crippen LogP contribution is -2.16. The molecule has 0 aliphatic rings. The van der Waals surface area contributed by atoms with E-state index in [4.69, 9.17) is 5.73 Å². The van der Waals surface area contributed by atoms with Gasteiger partial charge >= 0.3 is 0 Å². The Morgan fingerprint density at radius 3 is 2.57 bits per heavy atom. The van der Waals surface area contributed by atoms with E-state index in [1.165, 1.54) is 23.9 Å². The van der Waals surface area contributed by atoms with Crippen LogP contribution in [0.1, 0.15) is 10.5 Å². The highest BCUT2D eigenvalue weighted by molar-refractivity contribution is 7.03. The van der Waals surface area contributed by atoms with Crippen molar-refractivity contribution >= 4 is 28.9 Å². The Hall–Kier alpha value is -2.87. The number of nitrogens with zero attached hydrogens (tertiary/aromatic N) is 4.